The lowest BCUT2D eigenvalue weighted by Crippen LogP contribution is -2.57. The molecule has 1 N–H and O–H groups in total. The molecular weight excluding hydrogens is 510 g/mol. The molecule has 5 rings (SSSR count). The summed E-state index contributed by atoms with van der Waals surface area (Å²) in [6.07, 6.45) is 0. The maximum absolute atomic E-state index is 13.2. The normalized spacial score (nSPS) is 19.6. The number of benzene rings is 3. The summed E-state index contributed by atoms with van der Waals surface area (Å²) in [7, 11) is 0. The van der Waals surface area contributed by atoms with E-state index in [-0.39, 0.29) is 18.3 Å². The van der Waals surface area contributed by atoms with Gasteiger partial charge in [-0.2, -0.15) is 0 Å². The topological polar surface area (TPSA) is 117 Å². The minimum atomic E-state index is -1.19. The first-order valence-electron chi connectivity index (χ1n) is 13.3. The summed E-state index contributed by atoms with van der Waals surface area (Å²) in [5, 5.41) is 14.0. The molecule has 0 aromatic heterocycles. The second kappa shape index (κ2) is 12.1. The van der Waals surface area contributed by atoms with Gasteiger partial charge in [0.25, 0.3) is 5.69 Å². The monoisotopic (exact) mass is 541 g/mol. The number of hydrogen-bond acceptors (Lipinski definition) is 8. The number of esters is 1. The van der Waals surface area contributed by atoms with Crippen molar-refractivity contribution in [3.63, 3.8) is 0 Å². The molecule has 0 unspecified atom stereocenters. The highest BCUT2D eigenvalue weighted by molar-refractivity contribution is 6.08. The smallest absolute Gasteiger partial charge is 0.321 e. The second-order valence-corrected chi connectivity index (χ2v) is 9.71. The summed E-state index contributed by atoms with van der Waals surface area (Å²) in [6.45, 7) is 4.49. The van der Waals surface area contributed by atoms with E-state index in [9.17, 15) is 19.7 Å². The summed E-state index contributed by atoms with van der Waals surface area (Å²) in [5.74, 6) is -1.97. The predicted octanol–water partition coefficient (Wildman–Crippen LogP) is 3.71. The third kappa shape index (κ3) is 5.72. The van der Waals surface area contributed by atoms with Crippen LogP contribution in [-0.4, -0.2) is 65.3 Å². The molecule has 10 heteroatoms. The van der Waals surface area contributed by atoms with Gasteiger partial charge < -0.3 is 9.64 Å². The molecule has 3 aromatic rings. The van der Waals surface area contributed by atoms with E-state index in [1.807, 2.05) is 41.3 Å². The number of piperazine rings is 1. The van der Waals surface area contributed by atoms with Gasteiger partial charge in [-0.05, 0) is 23.6 Å². The first kappa shape index (κ1) is 27.0. The Hall–Kier alpha value is -4.57. The lowest BCUT2D eigenvalue weighted by molar-refractivity contribution is -0.384. The summed E-state index contributed by atoms with van der Waals surface area (Å²) < 4.78 is 5.17. The lowest BCUT2D eigenvalue weighted by Gasteiger charge is -2.42. The van der Waals surface area contributed by atoms with Gasteiger partial charge in [-0.15, -0.1) is 0 Å². The van der Waals surface area contributed by atoms with E-state index >= 15 is 0 Å². The number of hydrogen-bond donors (Lipinski definition) is 1. The Morgan fingerprint density at radius 2 is 1.55 bits per heavy atom. The van der Waals surface area contributed by atoms with Gasteiger partial charge in [-0.1, -0.05) is 72.8 Å². The highest BCUT2D eigenvalue weighted by atomic mass is 16.6. The maximum Gasteiger partial charge on any atom is 0.321 e. The number of carbonyl (C=O) groups is 2. The molecule has 1 amide bonds. The van der Waals surface area contributed by atoms with E-state index in [1.165, 1.54) is 35.4 Å². The molecule has 2 aliphatic rings. The van der Waals surface area contributed by atoms with Crippen LogP contribution in [0.25, 0.3) is 0 Å². The molecule has 1 saturated heterocycles. The Labute approximate surface area is 232 Å². The number of non-ortho nitro benzene ring substituents is 1. The van der Waals surface area contributed by atoms with Crippen LogP contribution >= 0.6 is 0 Å². The predicted molar refractivity (Wildman–Crippen MR) is 149 cm³/mol. The number of ether oxygens (including phenoxy) is 1. The van der Waals surface area contributed by atoms with Gasteiger partial charge in [0.05, 0.1) is 17.6 Å². The Morgan fingerprint density at radius 3 is 2.08 bits per heavy atom. The zero-order valence-electron chi connectivity index (χ0n) is 22.2. The van der Waals surface area contributed by atoms with E-state index in [4.69, 9.17) is 9.73 Å². The zero-order valence-corrected chi connectivity index (χ0v) is 22.2. The molecule has 3 aromatic carbocycles. The van der Waals surface area contributed by atoms with Gasteiger partial charge in [-0.3, -0.25) is 29.9 Å². The van der Waals surface area contributed by atoms with Crippen LogP contribution in [0.15, 0.2) is 89.9 Å². The molecule has 1 fully saturated rings. The molecular formula is C30H31N5O5. The third-order valence-corrected chi connectivity index (χ3v) is 7.29. The fourth-order valence-corrected chi connectivity index (χ4v) is 5.34. The molecule has 2 atom stereocenters. The molecule has 0 radical (unpaired) electrons. The summed E-state index contributed by atoms with van der Waals surface area (Å²) >= 11 is 0. The summed E-state index contributed by atoms with van der Waals surface area (Å²) in [5.41, 5.74) is 2.87. The third-order valence-electron chi connectivity index (χ3n) is 7.29. The molecule has 206 valence electrons. The average Bonchev–Trinajstić information content (AvgIpc) is 2.98. The van der Waals surface area contributed by atoms with Crippen molar-refractivity contribution in [3.8, 4) is 0 Å². The van der Waals surface area contributed by atoms with Gasteiger partial charge in [0.15, 0.2) is 5.92 Å². The van der Waals surface area contributed by atoms with E-state index in [2.05, 4.69) is 34.5 Å². The van der Waals surface area contributed by atoms with E-state index in [1.54, 1.807) is 6.92 Å². The van der Waals surface area contributed by atoms with Crippen LogP contribution in [0.5, 0.6) is 0 Å². The van der Waals surface area contributed by atoms with Crippen molar-refractivity contribution in [2.24, 2.45) is 10.9 Å². The number of nitro groups is 1. The number of carbonyl (C=O) groups excluding carboxylic acids is 2. The number of nitrogens with one attached hydrogen (secondary N) is 1. The maximum atomic E-state index is 13.2. The van der Waals surface area contributed by atoms with Crippen LogP contribution in [0.2, 0.25) is 0 Å². The lowest BCUT2D eigenvalue weighted by atomic mass is 9.91. The van der Waals surface area contributed by atoms with Crippen molar-refractivity contribution in [1.82, 2.24) is 15.1 Å². The Balaban J connectivity index is 1.39. The van der Waals surface area contributed by atoms with Crippen LogP contribution in [-0.2, 0) is 14.3 Å². The Morgan fingerprint density at radius 1 is 0.975 bits per heavy atom. The number of rotatable bonds is 7. The van der Waals surface area contributed by atoms with Crippen molar-refractivity contribution in [1.29, 1.82) is 0 Å². The zero-order chi connectivity index (χ0) is 28.1. The van der Waals surface area contributed by atoms with Crippen LogP contribution in [0, 0.1) is 16.0 Å². The van der Waals surface area contributed by atoms with Crippen molar-refractivity contribution in [3.05, 3.63) is 112 Å². The van der Waals surface area contributed by atoms with Crippen LogP contribution in [0.1, 0.15) is 35.7 Å². The van der Waals surface area contributed by atoms with Gasteiger partial charge in [0.1, 0.15) is 6.04 Å². The second-order valence-electron chi connectivity index (χ2n) is 9.71. The van der Waals surface area contributed by atoms with Gasteiger partial charge in [-0.25, -0.2) is 4.99 Å². The number of amides is 1. The van der Waals surface area contributed by atoms with E-state index < -0.39 is 28.8 Å². The van der Waals surface area contributed by atoms with Crippen molar-refractivity contribution >= 4 is 23.5 Å². The Kier molecular flexibility index (Phi) is 8.16. The van der Waals surface area contributed by atoms with Crippen LogP contribution in [0.3, 0.4) is 0 Å². The van der Waals surface area contributed by atoms with Crippen molar-refractivity contribution < 1.29 is 19.2 Å². The minimum Gasteiger partial charge on any atom is -0.465 e. The number of nitro benzene ring substituents is 1. The van der Waals surface area contributed by atoms with E-state index in [0.29, 0.717) is 24.6 Å². The minimum absolute atomic E-state index is 0.0802. The summed E-state index contributed by atoms with van der Waals surface area (Å²) in [6, 6.07) is 25.8. The van der Waals surface area contributed by atoms with Gasteiger partial charge >= 0.3 is 5.97 Å². The van der Waals surface area contributed by atoms with Gasteiger partial charge in [0.2, 0.25) is 11.9 Å². The SMILES string of the molecule is CCOC(=O)[C@H]1C(=O)NC(N2CCN(C(c3ccccc3)c3ccccc3)CC2)=N[C@H]1c1ccc([N+](=O)[O-])cc1. The molecule has 40 heavy (non-hydrogen) atoms. The van der Waals surface area contributed by atoms with Gasteiger partial charge in [0, 0.05) is 38.3 Å². The molecule has 0 saturated carbocycles. The van der Waals surface area contributed by atoms with Crippen molar-refractivity contribution in [2.75, 3.05) is 32.8 Å². The average molecular weight is 542 g/mol. The Bertz CT molecular complexity index is 1330. The largest absolute Gasteiger partial charge is 0.465 e. The van der Waals surface area contributed by atoms with Crippen LogP contribution in [0.4, 0.5) is 5.69 Å². The molecule has 2 heterocycles. The fraction of sp³-hybridized carbons (Fsp3) is 0.300. The highest BCUT2D eigenvalue weighted by Gasteiger charge is 2.42. The van der Waals surface area contributed by atoms with Crippen LogP contribution < -0.4 is 5.32 Å². The first-order valence-corrected chi connectivity index (χ1v) is 13.3. The van der Waals surface area contributed by atoms with Crippen molar-refractivity contribution in [2.45, 2.75) is 19.0 Å². The fourth-order valence-electron chi connectivity index (χ4n) is 5.34. The molecule has 0 bridgehead atoms. The number of guanidine groups is 1. The molecule has 0 spiro atoms. The molecule has 0 aliphatic carbocycles. The molecule has 10 nitrogen and oxygen atoms in total. The standard InChI is InChI=1S/C30H31N5O5/c1-2-40-29(37)25-26(21-13-15-24(16-14-21)35(38)39)31-30(32-28(25)36)34-19-17-33(18-20-34)27(22-9-5-3-6-10-22)23-11-7-4-8-12-23/h3-16,25-27H,2,17-20H2,1H3,(H,31,32,36)/t25-,26+/m1/s1. The number of aliphatic imine (C=N–C) groups is 1. The highest BCUT2D eigenvalue weighted by Crippen LogP contribution is 2.33. The van der Waals surface area contributed by atoms with E-state index in [0.717, 1.165) is 13.1 Å². The number of nitrogens with zero attached hydrogens (tertiary/aromatic N) is 4. The molecule has 2 aliphatic heterocycles. The first-order chi connectivity index (χ1) is 19.5. The quantitative estimate of drug-likeness (QED) is 0.210. The summed E-state index contributed by atoms with van der Waals surface area (Å²) in [4.78, 5) is 45.9.